The molecular weight excluding hydrogens is 334 g/mol. The van der Waals surface area contributed by atoms with E-state index < -0.39 is 0 Å². The SMILES string of the molecule is Cc1ccc(CSCCNC(=O)c2cccnc2-n2cncn2)cc1. The first-order valence-corrected chi connectivity index (χ1v) is 9.11. The van der Waals surface area contributed by atoms with Crippen molar-refractivity contribution in [3.63, 3.8) is 0 Å². The molecule has 0 fully saturated rings. The van der Waals surface area contributed by atoms with E-state index in [2.05, 4.69) is 51.6 Å². The number of benzene rings is 1. The molecule has 7 heteroatoms. The smallest absolute Gasteiger partial charge is 0.255 e. The molecule has 1 amide bonds. The lowest BCUT2D eigenvalue weighted by Crippen LogP contribution is -2.27. The fraction of sp³-hybridized carbons (Fsp3) is 0.222. The van der Waals surface area contributed by atoms with Gasteiger partial charge in [0.25, 0.3) is 5.91 Å². The standard InChI is InChI=1S/C18H19N5OS/c1-14-4-6-15(7-5-14)11-25-10-9-21-18(24)16-3-2-8-20-17(16)23-13-19-12-22-23/h2-8,12-13H,9-11H2,1H3,(H,21,24). The summed E-state index contributed by atoms with van der Waals surface area (Å²) in [5.41, 5.74) is 3.04. The summed E-state index contributed by atoms with van der Waals surface area (Å²) in [4.78, 5) is 20.5. The number of aryl methyl sites for hydroxylation is 1. The van der Waals surface area contributed by atoms with E-state index in [0.717, 1.165) is 11.5 Å². The van der Waals surface area contributed by atoms with Crippen molar-refractivity contribution in [3.8, 4) is 5.82 Å². The van der Waals surface area contributed by atoms with Crippen LogP contribution >= 0.6 is 11.8 Å². The van der Waals surface area contributed by atoms with Gasteiger partial charge in [-0.05, 0) is 24.6 Å². The summed E-state index contributed by atoms with van der Waals surface area (Å²) in [5.74, 6) is 2.10. The van der Waals surface area contributed by atoms with Crippen LogP contribution < -0.4 is 5.32 Å². The molecule has 25 heavy (non-hydrogen) atoms. The normalized spacial score (nSPS) is 10.6. The zero-order chi connectivity index (χ0) is 17.5. The molecule has 0 saturated heterocycles. The van der Waals surface area contributed by atoms with Crippen LogP contribution in [0, 0.1) is 6.92 Å². The van der Waals surface area contributed by atoms with E-state index in [1.807, 2.05) is 0 Å². The zero-order valence-electron chi connectivity index (χ0n) is 13.9. The number of thioether (sulfide) groups is 1. The minimum Gasteiger partial charge on any atom is -0.351 e. The van der Waals surface area contributed by atoms with Gasteiger partial charge in [-0.25, -0.2) is 14.6 Å². The van der Waals surface area contributed by atoms with Gasteiger partial charge in [0, 0.05) is 24.2 Å². The number of nitrogens with one attached hydrogen (secondary N) is 1. The van der Waals surface area contributed by atoms with Crippen LogP contribution in [0.3, 0.4) is 0 Å². The average Bonchev–Trinajstić information content (AvgIpc) is 3.17. The highest BCUT2D eigenvalue weighted by molar-refractivity contribution is 7.98. The Labute approximate surface area is 150 Å². The van der Waals surface area contributed by atoms with Crippen molar-refractivity contribution in [1.82, 2.24) is 25.1 Å². The first kappa shape index (κ1) is 17.2. The molecule has 0 radical (unpaired) electrons. The Morgan fingerprint density at radius 2 is 2.08 bits per heavy atom. The van der Waals surface area contributed by atoms with Crippen LogP contribution in [-0.4, -0.2) is 38.0 Å². The van der Waals surface area contributed by atoms with Crippen molar-refractivity contribution in [3.05, 3.63) is 71.9 Å². The predicted molar refractivity (Wildman–Crippen MR) is 98.8 cm³/mol. The molecule has 3 aromatic rings. The molecule has 1 aromatic carbocycles. The number of amides is 1. The van der Waals surface area contributed by atoms with Gasteiger partial charge in [0.05, 0.1) is 5.56 Å². The summed E-state index contributed by atoms with van der Waals surface area (Å²) in [6, 6.07) is 12.0. The molecule has 0 bridgehead atoms. The highest BCUT2D eigenvalue weighted by atomic mass is 32.2. The van der Waals surface area contributed by atoms with Gasteiger partial charge in [0.15, 0.2) is 5.82 Å². The number of hydrogen-bond acceptors (Lipinski definition) is 5. The number of nitrogens with zero attached hydrogens (tertiary/aromatic N) is 4. The van der Waals surface area contributed by atoms with Crippen molar-refractivity contribution >= 4 is 17.7 Å². The Morgan fingerprint density at radius 1 is 1.24 bits per heavy atom. The molecule has 6 nitrogen and oxygen atoms in total. The van der Waals surface area contributed by atoms with Crippen molar-refractivity contribution in [1.29, 1.82) is 0 Å². The third kappa shape index (κ3) is 4.67. The van der Waals surface area contributed by atoms with Gasteiger partial charge < -0.3 is 5.32 Å². The third-order valence-electron chi connectivity index (χ3n) is 3.59. The van der Waals surface area contributed by atoms with E-state index in [1.54, 1.807) is 30.1 Å². The number of carbonyl (C=O) groups is 1. The number of carbonyl (C=O) groups excluding carboxylic acids is 1. The van der Waals surface area contributed by atoms with Crippen molar-refractivity contribution < 1.29 is 4.79 Å². The van der Waals surface area contributed by atoms with Gasteiger partial charge >= 0.3 is 0 Å². The maximum atomic E-state index is 12.4. The third-order valence-corrected chi connectivity index (χ3v) is 4.62. The Bertz CT molecular complexity index is 818. The van der Waals surface area contributed by atoms with Crippen molar-refractivity contribution in [2.24, 2.45) is 0 Å². The van der Waals surface area contributed by atoms with Crippen LogP contribution in [0.25, 0.3) is 5.82 Å². The monoisotopic (exact) mass is 353 g/mol. The number of hydrogen-bond donors (Lipinski definition) is 1. The molecular formula is C18H19N5OS. The van der Waals surface area contributed by atoms with Gasteiger partial charge in [0.1, 0.15) is 12.7 Å². The Balaban J connectivity index is 1.49. The van der Waals surface area contributed by atoms with Crippen LogP contribution in [0.2, 0.25) is 0 Å². The number of pyridine rings is 1. The highest BCUT2D eigenvalue weighted by Gasteiger charge is 2.13. The van der Waals surface area contributed by atoms with E-state index >= 15 is 0 Å². The van der Waals surface area contributed by atoms with E-state index in [1.165, 1.54) is 28.5 Å². The quantitative estimate of drug-likeness (QED) is 0.661. The molecule has 2 heterocycles. The van der Waals surface area contributed by atoms with Gasteiger partial charge in [0.2, 0.25) is 0 Å². The summed E-state index contributed by atoms with van der Waals surface area (Å²) in [6.07, 6.45) is 4.57. The van der Waals surface area contributed by atoms with Crippen LogP contribution in [0.5, 0.6) is 0 Å². The summed E-state index contributed by atoms with van der Waals surface area (Å²) in [5, 5.41) is 6.97. The van der Waals surface area contributed by atoms with Crippen molar-refractivity contribution in [2.75, 3.05) is 12.3 Å². The van der Waals surface area contributed by atoms with Gasteiger partial charge in [-0.3, -0.25) is 4.79 Å². The minimum absolute atomic E-state index is 0.158. The summed E-state index contributed by atoms with van der Waals surface area (Å²) in [6.45, 7) is 2.68. The number of aromatic nitrogens is 4. The maximum absolute atomic E-state index is 12.4. The highest BCUT2D eigenvalue weighted by Crippen LogP contribution is 2.13. The molecule has 0 atom stereocenters. The Morgan fingerprint density at radius 3 is 2.84 bits per heavy atom. The topological polar surface area (TPSA) is 72.7 Å². The zero-order valence-corrected chi connectivity index (χ0v) is 14.7. The van der Waals surface area contributed by atoms with Crippen LogP contribution in [0.1, 0.15) is 21.5 Å². The fourth-order valence-corrected chi connectivity index (χ4v) is 3.10. The molecule has 0 unspecified atom stereocenters. The molecule has 0 spiro atoms. The van der Waals surface area contributed by atoms with E-state index in [4.69, 9.17) is 0 Å². The van der Waals surface area contributed by atoms with Gasteiger partial charge in [-0.2, -0.15) is 16.9 Å². The Hall–Kier alpha value is -2.67. The molecule has 0 aliphatic carbocycles. The average molecular weight is 353 g/mol. The summed E-state index contributed by atoms with van der Waals surface area (Å²) >= 11 is 1.79. The van der Waals surface area contributed by atoms with Crippen LogP contribution in [0.15, 0.2) is 55.2 Å². The fourth-order valence-electron chi connectivity index (χ4n) is 2.28. The molecule has 3 rings (SSSR count). The second-order valence-electron chi connectivity index (χ2n) is 5.51. The first-order valence-electron chi connectivity index (χ1n) is 7.95. The molecule has 0 saturated carbocycles. The first-order chi connectivity index (χ1) is 12.2. The molecule has 1 N–H and O–H groups in total. The second kappa shape index (κ2) is 8.43. The molecule has 2 aromatic heterocycles. The second-order valence-corrected chi connectivity index (χ2v) is 6.61. The lowest BCUT2D eigenvalue weighted by Gasteiger charge is -2.09. The van der Waals surface area contributed by atoms with E-state index in [0.29, 0.717) is 17.9 Å². The van der Waals surface area contributed by atoms with Gasteiger partial charge in [-0.1, -0.05) is 29.8 Å². The predicted octanol–water partition coefficient (Wildman–Crippen LogP) is 2.63. The van der Waals surface area contributed by atoms with Crippen LogP contribution in [-0.2, 0) is 5.75 Å². The molecule has 0 aliphatic rings. The molecule has 128 valence electrons. The lowest BCUT2D eigenvalue weighted by molar-refractivity contribution is 0.0955. The van der Waals surface area contributed by atoms with Crippen molar-refractivity contribution in [2.45, 2.75) is 12.7 Å². The van der Waals surface area contributed by atoms with E-state index in [-0.39, 0.29) is 5.91 Å². The minimum atomic E-state index is -0.158. The van der Waals surface area contributed by atoms with Crippen LogP contribution in [0.4, 0.5) is 0 Å². The largest absolute Gasteiger partial charge is 0.351 e. The van der Waals surface area contributed by atoms with E-state index in [9.17, 15) is 4.79 Å². The lowest BCUT2D eigenvalue weighted by atomic mass is 10.2. The maximum Gasteiger partial charge on any atom is 0.255 e. The Kier molecular flexibility index (Phi) is 5.79. The summed E-state index contributed by atoms with van der Waals surface area (Å²) < 4.78 is 1.49. The summed E-state index contributed by atoms with van der Waals surface area (Å²) in [7, 11) is 0. The molecule has 0 aliphatic heterocycles. The number of rotatable bonds is 7. The van der Waals surface area contributed by atoms with Gasteiger partial charge in [-0.15, -0.1) is 0 Å².